The second-order valence-electron chi connectivity index (χ2n) is 5.93. The first-order valence-electron chi connectivity index (χ1n) is 8.53. The number of carbonyl (C=O) groups excluding carboxylic acids is 1. The van der Waals surface area contributed by atoms with Gasteiger partial charge in [-0.25, -0.2) is 13.9 Å². The zero-order valence-electron chi connectivity index (χ0n) is 14.4. The molecular weight excluding hydrogens is 319 g/mol. The molecule has 130 valence electrons. The molecule has 5 nitrogen and oxygen atoms in total. The van der Waals surface area contributed by atoms with Crippen LogP contribution in [-0.4, -0.2) is 38.5 Å². The Bertz CT molecular complexity index is 884. The topological polar surface area (TPSA) is 50.5 Å². The number of rotatable bonds is 6. The summed E-state index contributed by atoms with van der Waals surface area (Å²) in [4.78, 5) is 19.0. The Morgan fingerprint density at radius 3 is 2.64 bits per heavy atom. The molecule has 0 aliphatic rings. The lowest BCUT2D eigenvalue weighted by Gasteiger charge is -2.20. The van der Waals surface area contributed by atoms with Gasteiger partial charge in [-0.05, 0) is 31.0 Å². The predicted octanol–water partition coefficient (Wildman–Crippen LogP) is 3.80. The van der Waals surface area contributed by atoms with Crippen LogP contribution >= 0.6 is 0 Å². The first kappa shape index (κ1) is 17.1. The Labute approximate surface area is 146 Å². The fourth-order valence-corrected chi connectivity index (χ4v) is 2.93. The summed E-state index contributed by atoms with van der Waals surface area (Å²) >= 11 is 0. The first-order valence-corrected chi connectivity index (χ1v) is 8.53. The van der Waals surface area contributed by atoms with Gasteiger partial charge in [-0.3, -0.25) is 4.79 Å². The molecule has 2 heterocycles. The molecule has 0 saturated carbocycles. The van der Waals surface area contributed by atoms with Gasteiger partial charge in [-0.1, -0.05) is 26.0 Å². The maximum atomic E-state index is 13.6. The van der Waals surface area contributed by atoms with Gasteiger partial charge >= 0.3 is 0 Å². The molecule has 0 aliphatic carbocycles. The largest absolute Gasteiger partial charge is 0.339 e. The van der Waals surface area contributed by atoms with Crippen LogP contribution in [0.5, 0.6) is 0 Å². The number of hydrogen-bond donors (Lipinski definition) is 0. The monoisotopic (exact) mass is 340 g/mol. The van der Waals surface area contributed by atoms with Crippen LogP contribution in [0.3, 0.4) is 0 Å². The van der Waals surface area contributed by atoms with Crippen molar-refractivity contribution in [1.82, 2.24) is 19.5 Å². The highest BCUT2D eigenvalue weighted by molar-refractivity contribution is 5.99. The molecule has 6 heteroatoms. The summed E-state index contributed by atoms with van der Waals surface area (Å²) in [5.74, 6) is -0.384. The van der Waals surface area contributed by atoms with E-state index in [2.05, 4.69) is 10.1 Å². The van der Waals surface area contributed by atoms with Gasteiger partial charge in [0.15, 0.2) is 5.65 Å². The summed E-state index contributed by atoms with van der Waals surface area (Å²) in [5, 5.41) is 4.33. The maximum absolute atomic E-state index is 13.6. The fourth-order valence-electron chi connectivity index (χ4n) is 2.93. The second kappa shape index (κ2) is 7.42. The Morgan fingerprint density at radius 2 is 1.96 bits per heavy atom. The van der Waals surface area contributed by atoms with Gasteiger partial charge in [0.05, 0.1) is 11.9 Å². The van der Waals surface area contributed by atoms with E-state index in [1.165, 1.54) is 12.1 Å². The molecule has 0 N–H and O–H groups in total. The summed E-state index contributed by atoms with van der Waals surface area (Å²) in [6, 6.07) is 8.06. The molecule has 0 unspecified atom stereocenters. The zero-order chi connectivity index (χ0) is 17.8. The summed E-state index contributed by atoms with van der Waals surface area (Å²) < 4.78 is 15.2. The summed E-state index contributed by atoms with van der Waals surface area (Å²) in [6.07, 6.45) is 4.96. The number of fused-ring (bicyclic) bond motifs is 1. The van der Waals surface area contributed by atoms with Crippen LogP contribution in [0.15, 0.2) is 42.7 Å². The molecule has 1 aromatic carbocycles. The van der Waals surface area contributed by atoms with Crippen molar-refractivity contribution in [1.29, 1.82) is 0 Å². The highest BCUT2D eigenvalue weighted by Crippen LogP contribution is 2.22. The minimum Gasteiger partial charge on any atom is -0.339 e. The average Bonchev–Trinajstić information content (AvgIpc) is 3.05. The molecular formula is C19H21FN4O. The van der Waals surface area contributed by atoms with Crippen LogP contribution in [0.2, 0.25) is 0 Å². The summed E-state index contributed by atoms with van der Waals surface area (Å²) in [5.41, 5.74) is 2.35. The zero-order valence-corrected chi connectivity index (χ0v) is 14.4. The highest BCUT2D eigenvalue weighted by Gasteiger charge is 2.20. The van der Waals surface area contributed by atoms with Crippen molar-refractivity contribution in [3.8, 4) is 11.3 Å². The van der Waals surface area contributed by atoms with Gasteiger partial charge in [0.1, 0.15) is 11.4 Å². The van der Waals surface area contributed by atoms with E-state index < -0.39 is 0 Å². The Morgan fingerprint density at radius 1 is 1.20 bits per heavy atom. The van der Waals surface area contributed by atoms with E-state index in [1.54, 1.807) is 29.0 Å². The second-order valence-corrected chi connectivity index (χ2v) is 5.93. The number of carbonyl (C=O) groups is 1. The highest BCUT2D eigenvalue weighted by atomic mass is 19.1. The van der Waals surface area contributed by atoms with Gasteiger partial charge in [-0.2, -0.15) is 5.10 Å². The molecule has 0 atom stereocenters. The van der Waals surface area contributed by atoms with E-state index in [0.717, 1.165) is 12.8 Å². The van der Waals surface area contributed by atoms with Gasteiger partial charge in [0.2, 0.25) is 0 Å². The van der Waals surface area contributed by atoms with Crippen molar-refractivity contribution in [2.24, 2.45) is 0 Å². The lowest BCUT2D eigenvalue weighted by Crippen LogP contribution is -2.32. The molecule has 0 radical (unpaired) electrons. The molecule has 0 spiro atoms. The third-order valence-corrected chi connectivity index (χ3v) is 4.03. The third kappa shape index (κ3) is 3.38. The van der Waals surface area contributed by atoms with Crippen LogP contribution < -0.4 is 0 Å². The summed E-state index contributed by atoms with van der Waals surface area (Å²) in [6.45, 7) is 5.50. The predicted molar refractivity (Wildman–Crippen MR) is 94.9 cm³/mol. The van der Waals surface area contributed by atoms with Crippen LogP contribution in [0, 0.1) is 5.82 Å². The smallest absolute Gasteiger partial charge is 0.259 e. The molecule has 0 aliphatic heterocycles. The Kier molecular flexibility index (Phi) is 5.07. The normalized spacial score (nSPS) is 11.0. The quantitative estimate of drug-likeness (QED) is 0.686. The van der Waals surface area contributed by atoms with E-state index in [1.807, 2.05) is 24.8 Å². The molecule has 1 amide bonds. The van der Waals surface area contributed by atoms with Gasteiger partial charge in [0, 0.05) is 24.8 Å². The lowest BCUT2D eigenvalue weighted by atomic mass is 10.1. The lowest BCUT2D eigenvalue weighted by molar-refractivity contribution is 0.0757. The van der Waals surface area contributed by atoms with Crippen molar-refractivity contribution < 1.29 is 9.18 Å². The van der Waals surface area contributed by atoms with E-state index in [4.69, 9.17) is 0 Å². The van der Waals surface area contributed by atoms with E-state index in [0.29, 0.717) is 35.6 Å². The molecule has 0 bridgehead atoms. The number of nitrogens with zero attached hydrogens (tertiary/aromatic N) is 4. The summed E-state index contributed by atoms with van der Waals surface area (Å²) in [7, 11) is 0. The van der Waals surface area contributed by atoms with E-state index in [9.17, 15) is 9.18 Å². The maximum Gasteiger partial charge on any atom is 0.259 e. The molecule has 0 saturated heterocycles. The van der Waals surface area contributed by atoms with Gasteiger partial charge in [0.25, 0.3) is 5.91 Å². The molecule has 25 heavy (non-hydrogen) atoms. The van der Waals surface area contributed by atoms with Gasteiger partial charge < -0.3 is 4.90 Å². The third-order valence-electron chi connectivity index (χ3n) is 4.03. The first-order chi connectivity index (χ1) is 12.2. The van der Waals surface area contributed by atoms with Crippen molar-refractivity contribution in [3.05, 3.63) is 54.1 Å². The average molecular weight is 340 g/mol. The molecule has 0 fully saturated rings. The molecule has 3 aromatic rings. The minimum atomic E-state index is -0.317. The Hall–Kier alpha value is -2.76. The fraction of sp³-hybridized carbons (Fsp3) is 0.316. The van der Waals surface area contributed by atoms with Crippen molar-refractivity contribution in [3.63, 3.8) is 0 Å². The molecule has 3 rings (SSSR count). The Balaban J connectivity index is 2.05. The van der Waals surface area contributed by atoms with Crippen LogP contribution in [0.25, 0.3) is 16.9 Å². The van der Waals surface area contributed by atoms with Crippen molar-refractivity contribution in [2.75, 3.05) is 13.1 Å². The van der Waals surface area contributed by atoms with Crippen LogP contribution in [0.1, 0.15) is 37.0 Å². The van der Waals surface area contributed by atoms with Gasteiger partial charge in [-0.15, -0.1) is 0 Å². The number of benzene rings is 1. The van der Waals surface area contributed by atoms with Crippen molar-refractivity contribution in [2.45, 2.75) is 26.7 Å². The van der Waals surface area contributed by atoms with Crippen LogP contribution in [-0.2, 0) is 0 Å². The van der Waals surface area contributed by atoms with Crippen LogP contribution in [0.4, 0.5) is 4.39 Å². The van der Waals surface area contributed by atoms with E-state index in [-0.39, 0.29) is 11.7 Å². The number of hydrogen-bond acceptors (Lipinski definition) is 3. The van der Waals surface area contributed by atoms with Crippen molar-refractivity contribution >= 4 is 11.6 Å². The van der Waals surface area contributed by atoms with E-state index >= 15 is 0 Å². The number of halogens is 1. The number of aromatic nitrogens is 3. The number of amides is 1. The minimum absolute atomic E-state index is 0.0670. The molecule has 2 aromatic heterocycles. The standard InChI is InChI=1S/C19H21FN4O/c1-3-10-23(11-4-2)19(25)16-13-22-24-17(8-9-21-18(16)24)14-6-5-7-15(20)12-14/h5-9,12-13H,3-4,10-11H2,1-2H3. The SMILES string of the molecule is CCCN(CCC)C(=O)c1cnn2c(-c3cccc(F)c3)ccnc12.